The fraction of sp³-hybridized carbons (Fsp3) is 0.200. The molecule has 0 aliphatic rings. The molecule has 0 unspecified atom stereocenters. The molecule has 0 saturated heterocycles. The van der Waals surface area contributed by atoms with Gasteiger partial charge in [0.15, 0.2) is 0 Å². The van der Waals surface area contributed by atoms with Gasteiger partial charge < -0.3 is 15.0 Å². The van der Waals surface area contributed by atoms with Crippen LogP contribution in [0.15, 0.2) is 53.3 Å². The summed E-state index contributed by atoms with van der Waals surface area (Å²) in [6.07, 6.45) is -0.0996. The SMILES string of the molecule is Cc1cc(C)c2[nH]c(=O)c(CCNC(=O)Oc3ccccc3)cc2c1. The summed E-state index contributed by atoms with van der Waals surface area (Å²) in [6.45, 7) is 4.33. The maximum absolute atomic E-state index is 12.2. The van der Waals surface area contributed by atoms with E-state index >= 15 is 0 Å². The monoisotopic (exact) mass is 336 g/mol. The first kappa shape index (κ1) is 16.8. The number of hydrogen-bond acceptors (Lipinski definition) is 3. The van der Waals surface area contributed by atoms with Crippen molar-refractivity contribution < 1.29 is 9.53 Å². The molecule has 2 N–H and O–H groups in total. The van der Waals surface area contributed by atoms with E-state index < -0.39 is 6.09 Å². The Bertz CT molecular complexity index is 962. The van der Waals surface area contributed by atoms with Crippen molar-refractivity contribution in [1.82, 2.24) is 10.3 Å². The third-order valence-corrected chi connectivity index (χ3v) is 3.99. The number of para-hydroxylation sites is 1. The normalized spacial score (nSPS) is 10.6. The molecule has 0 spiro atoms. The second kappa shape index (κ2) is 7.21. The quantitative estimate of drug-likeness (QED) is 0.766. The Balaban J connectivity index is 1.66. The average Bonchev–Trinajstić information content (AvgIpc) is 2.57. The highest BCUT2D eigenvalue weighted by atomic mass is 16.6. The number of rotatable bonds is 4. The van der Waals surface area contributed by atoms with E-state index in [1.165, 1.54) is 0 Å². The Morgan fingerprint density at radius 1 is 1.12 bits per heavy atom. The molecule has 0 fully saturated rings. The lowest BCUT2D eigenvalue weighted by molar-refractivity contribution is 0.200. The molecule has 1 heterocycles. The first-order valence-electron chi connectivity index (χ1n) is 8.17. The van der Waals surface area contributed by atoms with Crippen molar-refractivity contribution >= 4 is 17.0 Å². The van der Waals surface area contributed by atoms with Gasteiger partial charge in [0, 0.05) is 12.1 Å². The average molecular weight is 336 g/mol. The Morgan fingerprint density at radius 3 is 2.64 bits per heavy atom. The Hall–Kier alpha value is -3.08. The van der Waals surface area contributed by atoms with E-state index in [0.29, 0.717) is 24.3 Å². The molecule has 0 atom stereocenters. The van der Waals surface area contributed by atoms with Crippen molar-refractivity contribution in [2.24, 2.45) is 0 Å². The minimum Gasteiger partial charge on any atom is -0.410 e. The Kier molecular flexibility index (Phi) is 4.84. The van der Waals surface area contributed by atoms with Crippen LogP contribution in [-0.4, -0.2) is 17.6 Å². The van der Waals surface area contributed by atoms with Gasteiger partial charge in [-0.1, -0.05) is 29.8 Å². The van der Waals surface area contributed by atoms with E-state index in [2.05, 4.69) is 10.3 Å². The number of carbonyl (C=O) groups excluding carboxylic acids is 1. The molecule has 0 aliphatic carbocycles. The van der Waals surface area contributed by atoms with Crippen LogP contribution in [0.25, 0.3) is 10.9 Å². The molecule has 0 bridgehead atoms. The molecule has 5 heteroatoms. The zero-order valence-corrected chi connectivity index (χ0v) is 14.3. The molecule has 5 nitrogen and oxygen atoms in total. The smallest absolute Gasteiger partial charge is 0.410 e. The van der Waals surface area contributed by atoms with Crippen LogP contribution in [0.1, 0.15) is 16.7 Å². The minimum atomic E-state index is -0.532. The number of nitrogens with one attached hydrogen (secondary N) is 2. The number of hydrogen-bond donors (Lipinski definition) is 2. The van der Waals surface area contributed by atoms with Gasteiger partial charge in [-0.15, -0.1) is 0 Å². The zero-order chi connectivity index (χ0) is 17.8. The molecule has 3 rings (SSSR count). The zero-order valence-electron chi connectivity index (χ0n) is 14.3. The first-order chi connectivity index (χ1) is 12.0. The molecule has 128 valence electrons. The van der Waals surface area contributed by atoms with E-state index in [9.17, 15) is 9.59 Å². The minimum absolute atomic E-state index is 0.127. The highest BCUT2D eigenvalue weighted by molar-refractivity contribution is 5.82. The maximum Gasteiger partial charge on any atom is 0.412 e. The summed E-state index contributed by atoms with van der Waals surface area (Å²) in [6, 6.07) is 14.8. The second-order valence-corrected chi connectivity index (χ2v) is 6.05. The standard InChI is InChI=1S/C20H20N2O3/c1-13-10-14(2)18-16(11-13)12-15(19(23)22-18)8-9-21-20(24)25-17-6-4-3-5-7-17/h3-7,10-12H,8-9H2,1-2H3,(H,21,24)(H,22,23). The molecule has 0 saturated carbocycles. The van der Waals surface area contributed by atoms with E-state index in [1.54, 1.807) is 24.3 Å². The third-order valence-electron chi connectivity index (χ3n) is 3.99. The van der Waals surface area contributed by atoms with E-state index in [1.807, 2.05) is 38.1 Å². The van der Waals surface area contributed by atoms with Gasteiger partial charge >= 0.3 is 6.09 Å². The van der Waals surface area contributed by atoms with Gasteiger partial charge in [0.1, 0.15) is 5.75 Å². The molecule has 1 amide bonds. The number of aromatic nitrogens is 1. The van der Waals surface area contributed by atoms with E-state index in [0.717, 1.165) is 22.0 Å². The van der Waals surface area contributed by atoms with Gasteiger partial charge in [-0.2, -0.15) is 0 Å². The highest BCUT2D eigenvalue weighted by Crippen LogP contribution is 2.18. The predicted molar refractivity (Wildman–Crippen MR) is 98.2 cm³/mol. The van der Waals surface area contributed by atoms with Gasteiger partial charge in [-0.25, -0.2) is 4.79 Å². The topological polar surface area (TPSA) is 71.2 Å². The van der Waals surface area contributed by atoms with Crippen molar-refractivity contribution in [2.75, 3.05) is 6.54 Å². The van der Waals surface area contributed by atoms with Gasteiger partial charge in [-0.05, 0) is 55.5 Å². The summed E-state index contributed by atoms with van der Waals surface area (Å²) in [4.78, 5) is 26.9. The number of aromatic amines is 1. The number of fused-ring (bicyclic) bond motifs is 1. The summed E-state index contributed by atoms with van der Waals surface area (Å²) >= 11 is 0. The van der Waals surface area contributed by atoms with Crippen LogP contribution in [0.2, 0.25) is 0 Å². The molecule has 0 radical (unpaired) electrons. The fourth-order valence-electron chi connectivity index (χ4n) is 2.85. The first-order valence-corrected chi connectivity index (χ1v) is 8.17. The summed E-state index contributed by atoms with van der Waals surface area (Å²) in [5.74, 6) is 0.481. The second-order valence-electron chi connectivity index (χ2n) is 6.05. The lowest BCUT2D eigenvalue weighted by Crippen LogP contribution is -2.30. The van der Waals surface area contributed by atoms with Crippen LogP contribution < -0.4 is 15.6 Å². The number of pyridine rings is 1. The molecule has 1 aromatic heterocycles. The van der Waals surface area contributed by atoms with E-state index in [-0.39, 0.29) is 5.56 Å². The lowest BCUT2D eigenvalue weighted by Gasteiger charge is -2.08. The molecule has 25 heavy (non-hydrogen) atoms. The molecular formula is C20H20N2O3. The number of benzene rings is 2. The van der Waals surface area contributed by atoms with Crippen LogP contribution in [0, 0.1) is 13.8 Å². The van der Waals surface area contributed by atoms with Crippen molar-refractivity contribution in [3.63, 3.8) is 0 Å². The summed E-state index contributed by atoms with van der Waals surface area (Å²) in [7, 11) is 0. The van der Waals surface area contributed by atoms with Crippen LogP contribution in [0.4, 0.5) is 4.79 Å². The number of H-pyrrole nitrogens is 1. The van der Waals surface area contributed by atoms with Gasteiger partial charge in [-0.3, -0.25) is 4.79 Å². The highest BCUT2D eigenvalue weighted by Gasteiger charge is 2.08. The van der Waals surface area contributed by atoms with Crippen molar-refractivity contribution in [3.05, 3.63) is 75.6 Å². The Morgan fingerprint density at radius 2 is 1.88 bits per heavy atom. The van der Waals surface area contributed by atoms with Crippen LogP contribution >= 0.6 is 0 Å². The van der Waals surface area contributed by atoms with Gasteiger partial charge in [0.05, 0.1) is 5.52 Å². The molecule has 2 aromatic carbocycles. The van der Waals surface area contributed by atoms with Crippen LogP contribution in [0.5, 0.6) is 5.75 Å². The molecule has 3 aromatic rings. The summed E-state index contributed by atoms with van der Waals surface area (Å²) in [5.41, 5.74) is 3.56. The number of aryl methyl sites for hydroxylation is 2. The Labute approximate surface area is 145 Å². The molecular weight excluding hydrogens is 316 g/mol. The number of ether oxygens (including phenoxy) is 1. The van der Waals surface area contributed by atoms with Crippen LogP contribution in [-0.2, 0) is 6.42 Å². The van der Waals surface area contributed by atoms with Crippen LogP contribution in [0.3, 0.4) is 0 Å². The van der Waals surface area contributed by atoms with Gasteiger partial charge in [0.2, 0.25) is 0 Å². The molecule has 0 aliphatic heterocycles. The fourth-order valence-corrected chi connectivity index (χ4v) is 2.85. The van der Waals surface area contributed by atoms with Crippen molar-refractivity contribution in [1.29, 1.82) is 0 Å². The summed E-state index contributed by atoms with van der Waals surface area (Å²) in [5, 5.41) is 3.66. The van der Waals surface area contributed by atoms with Gasteiger partial charge in [0.25, 0.3) is 5.56 Å². The summed E-state index contributed by atoms with van der Waals surface area (Å²) < 4.78 is 5.15. The largest absolute Gasteiger partial charge is 0.412 e. The third kappa shape index (κ3) is 4.07. The lowest BCUT2D eigenvalue weighted by atomic mass is 10.0. The van der Waals surface area contributed by atoms with Crippen molar-refractivity contribution in [3.8, 4) is 5.75 Å². The maximum atomic E-state index is 12.2. The van der Waals surface area contributed by atoms with E-state index in [4.69, 9.17) is 4.74 Å². The predicted octanol–water partition coefficient (Wildman–Crippen LogP) is 3.48. The number of amides is 1. The van der Waals surface area contributed by atoms with Crippen molar-refractivity contribution in [2.45, 2.75) is 20.3 Å². The number of carbonyl (C=O) groups is 1.